The maximum atomic E-state index is 11.7. The Kier molecular flexibility index (Phi) is 4.75. The molecule has 0 radical (unpaired) electrons. The number of benzene rings is 1. The fourth-order valence-corrected chi connectivity index (χ4v) is 1.78. The Bertz CT molecular complexity index is 303. The Morgan fingerprint density at radius 1 is 1.13 bits per heavy atom. The average Bonchev–Trinajstić information content (AvgIpc) is 2.17. The standard InChI is InChI=1S/C11H11F3S/c12-11(13,14)7-4-8-15-9-10-5-2-1-3-6-10/h1-7H,8-9H2/b7-4+. The first-order valence-electron chi connectivity index (χ1n) is 4.44. The second-order valence-corrected chi connectivity index (χ2v) is 3.97. The molecule has 1 rings (SSSR count). The molecular weight excluding hydrogens is 221 g/mol. The van der Waals surface area contributed by atoms with E-state index >= 15 is 0 Å². The molecule has 0 nitrogen and oxygen atoms in total. The van der Waals surface area contributed by atoms with Gasteiger partial charge in [0.25, 0.3) is 0 Å². The topological polar surface area (TPSA) is 0 Å². The van der Waals surface area contributed by atoms with Gasteiger partial charge in [0.2, 0.25) is 0 Å². The molecule has 15 heavy (non-hydrogen) atoms. The van der Waals surface area contributed by atoms with Crippen LogP contribution in [-0.4, -0.2) is 11.9 Å². The lowest BCUT2D eigenvalue weighted by atomic mass is 10.2. The van der Waals surface area contributed by atoms with E-state index in [2.05, 4.69) is 0 Å². The lowest BCUT2D eigenvalue weighted by Crippen LogP contribution is -2.00. The summed E-state index contributed by atoms with van der Waals surface area (Å²) in [7, 11) is 0. The van der Waals surface area contributed by atoms with Gasteiger partial charge in [-0.1, -0.05) is 36.4 Å². The van der Waals surface area contributed by atoms with Crippen LogP contribution in [0.15, 0.2) is 42.5 Å². The highest BCUT2D eigenvalue weighted by Crippen LogP contribution is 2.17. The minimum absolute atomic E-state index is 0.283. The Hall–Kier alpha value is -0.900. The summed E-state index contributed by atoms with van der Waals surface area (Å²) in [6.07, 6.45) is -2.76. The third-order valence-corrected chi connectivity index (χ3v) is 2.60. The molecule has 0 amide bonds. The maximum Gasteiger partial charge on any atom is 0.409 e. The maximum absolute atomic E-state index is 11.7. The third-order valence-electron chi connectivity index (χ3n) is 1.63. The highest BCUT2D eigenvalue weighted by atomic mass is 32.2. The first-order chi connectivity index (χ1) is 7.08. The SMILES string of the molecule is FC(F)(F)/C=C/CSCc1ccccc1. The number of rotatable bonds is 4. The van der Waals surface area contributed by atoms with Gasteiger partial charge >= 0.3 is 6.18 Å². The Morgan fingerprint density at radius 3 is 2.40 bits per heavy atom. The Balaban J connectivity index is 2.21. The van der Waals surface area contributed by atoms with Gasteiger partial charge in [-0.25, -0.2) is 0 Å². The molecule has 0 bridgehead atoms. The van der Waals surface area contributed by atoms with Gasteiger partial charge in [-0.05, 0) is 5.56 Å². The van der Waals surface area contributed by atoms with Gasteiger partial charge in [0.05, 0.1) is 0 Å². The van der Waals surface area contributed by atoms with E-state index in [-0.39, 0.29) is 6.08 Å². The monoisotopic (exact) mass is 232 g/mol. The second-order valence-electron chi connectivity index (χ2n) is 2.94. The zero-order chi connectivity index (χ0) is 11.1. The predicted octanol–water partition coefficient (Wildman–Crippen LogP) is 4.04. The number of hydrogen-bond donors (Lipinski definition) is 0. The Labute approximate surface area is 91.2 Å². The molecule has 0 unspecified atom stereocenters. The molecular formula is C11H11F3S. The summed E-state index contributed by atoms with van der Waals surface area (Å²) in [5.41, 5.74) is 1.13. The molecule has 0 saturated heterocycles. The summed E-state index contributed by atoms with van der Waals surface area (Å²) in [6, 6.07) is 9.67. The van der Waals surface area contributed by atoms with Crippen LogP contribution in [0.4, 0.5) is 13.2 Å². The van der Waals surface area contributed by atoms with Gasteiger partial charge < -0.3 is 0 Å². The quantitative estimate of drug-likeness (QED) is 0.557. The summed E-state index contributed by atoms with van der Waals surface area (Å²) in [5, 5.41) is 0. The van der Waals surface area contributed by atoms with Crippen molar-refractivity contribution in [3.05, 3.63) is 48.0 Å². The molecule has 0 aromatic heterocycles. The van der Waals surface area contributed by atoms with Crippen LogP contribution in [0.3, 0.4) is 0 Å². The van der Waals surface area contributed by atoms with E-state index in [4.69, 9.17) is 0 Å². The fraction of sp³-hybridized carbons (Fsp3) is 0.273. The van der Waals surface area contributed by atoms with E-state index in [1.54, 1.807) is 0 Å². The molecule has 0 aliphatic rings. The average molecular weight is 232 g/mol. The summed E-state index contributed by atoms with van der Waals surface area (Å²) < 4.78 is 35.1. The minimum atomic E-state index is -4.19. The van der Waals surface area contributed by atoms with Crippen molar-refractivity contribution in [3.63, 3.8) is 0 Å². The first-order valence-corrected chi connectivity index (χ1v) is 5.59. The lowest BCUT2D eigenvalue weighted by molar-refractivity contribution is -0.0799. The van der Waals surface area contributed by atoms with Crippen LogP contribution >= 0.6 is 11.8 Å². The first kappa shape index (κ1) is 12.2. The van der Waals surface area contributed by atoms with Crippen LogP contribution in [-0.2, 0) is 5.75 Å². The summed E-state index contributed by atoms with van der Waals surface area (Å²) >= 11 is 1.46. The molecule has 1 aromatic carbocycles. The van der Waals surface area contributed by atoms with Crippen molar-refractivity contribution in [2.75, 3.05) is 5.75 Å². The zero-order valence-corrected chi connectivity index (χ0v) is 8.81. The van der Waals surface area contributed by atoms with Gasteiger partial charge in [-0.15, -0.1) is 0 Å². The molecule has 0 fully saturated rings. The summed E-state index contributed by atoms with van der Waals surface area (Å²) in [6.45, 7) is 0. The minimum Gasteiger partial charge on any atom is -0.167 e. The van der Waals surface area contributed by atoms with Gasteiger partial charge in [0.1, 0.15) is 0 Å². The van der Waals surface area contributed by atoms with Crippen LogP contribution in [0.5, 0.6) is 0 Å². The van der Waals surface area contributed by atoms with E-state index < -0.39 is 6.18 Å². The Morgan fingerprint density at radius 2 is 1.80 bits per heavy atom. The van der Waals surface area contributed by atoms with Crippen molar-refractivity contribution in [3.8, 4) is 0 Å². The van der Waals surface area contributed by atoms with Crippen LogP contribution in [0.25, 0.3) is 0 Å². The lowest BCUT2D eigenvalue weighted by Gasteiger charge is -1.99. The molecule has 82 valence electrons. The second kappa shape index (κ2) is 5.85. The number of halogens is 3. The van der Waals surface area contributed by atoms with Gasteiger partial charge in [0, 0.05) is 17.6 Å². The van der Waals surface area contributed by atoms with Crippen LogP contribution in [0.2, 0.25) is 0 Å². The fourth-order valence-electron chi connectivity index (χ4n) is 1.00. The van der Waals surface area contributed by atoms with Crippen molar-refractivity contribution in [1.29, 1.82) is 0 Å². The van der Waals surface area contributed by atoms with Gasteiger partial charge in [-0.2, -0.15) is 24.9 Å². The van der Waals surface area contributed by atoms with Crippen LogP contribution in [0, 0.1) is 0 Å². The molecule has 0 spiro atoms. The van der Waals surface area contributed by atoms with Crippen LogP contribution < -0.4 is 0 Å². The van der Waals surface area contributed by atoms with Crippen molar-refractivity contribution in [2.24, 2.45) is 0 Å². The molecule has 1 aromatic rings. The largest absolute Gasteiger partial charge is 0.409 e. The number of alkyl halides is 3. The molecule has 0 N–H and O–H groups in total. The van der Waals surface area contributed by atoms with Crippen molar-refractivity contribution < 1.29 is 13.2 Å². The third kappa shape index (κ3) is 6.23. The molecule has 0 saturated carbocycles. The summed E-state index contributed by atoms with van der Waals surface area (Å²) in [5.74, 6) is 1.12. The molecule has 0 aliphatic heterocycles. The van der Waals surface area contributed by atoms with E-state index in [1.807, 2.05) is 30.3 Å². The molecule has 0 heterocycles. The molecule has 0 atom stereocenters. The van der Waals surface area contributed by atoms with E-state index in [9.17, 15) is 13.2 Å². The van der Waals surface area contributed by atoms with E-state index in [0.29, 0.717) is 5.75 Å². The van der Waals surface area contributed by atoms with Gasteiger partial charge in [-0.3, -0.25) is 0 Å². The van der Waals surface area contributed by atoms with Gasteiger partial charge in [0.15, 0.2) is 0 Å². The highest BCUT2D eigenvalue weighted by molar-refractivity contribution is 7.98. The predicted molar refractivity (Wildman–Crippen MR) is 57.8 cm³/mol. The smallest absolute Gasteiger partial charge is 0.167 e. The van der Waals surface area contributed by atoms with E-state index in [0.717, 1.165) is 17.4 Å². The van der Waals surface area contributed by atoms with Crippen molar-refractivity contribution in [1.82, 2.24) is 0 Å². The zero-order valence-electron chi connectivity index (χ0n) is 8.00. The number of hydrogen-bond acceptors (Lipinski definition) is 1. The number of allylic oxidation sites excluding steroid dienone is 1. The number of thioether (sulfide) groups is 1. The molecule has 4 heteroatoms. The van der Waals surface area contributed by atoms with Crippen molar-refractivity contribution >= 4 is 11.8 Å². The van der Waals surface area contributed by atoms with Crippen molar-refractivity contribution in [2.45, 2.75) is 11.9 Å². The highest BCUT2D eigenvalue weighted by Gasteiger charge is 2.21. The molecule has 0 aliphatic carbocycles. The summed E-state index contributed by atoms with van der Waals surface area (Å²) in [4.78, 5) is 0. The normalized spacial score (nSPS) is 12.2. The van der Waals surface area contributed by atoms with E-state index in [1.165, 1.54) is 11.8 Å². The van der Waals surface area contributed by atoms with Crippen LogP contribution in [0.1, 0.15) is 5.56 Å².